The Balaban J connectivity index is 1.75. The van der Waals surface area contributed by atoms with Gasteiger partial charge in [0.05, 0.1) is 23.6 Å². The summed E-state index contributed by atoms with van der Waals surface area (Å²) in [5, 5.41) is 27.2. The lowest BCUT2D eigenvalue weighted by atomic mass is 9.94. The molecule has 96 valence electrons. The molecule has 5 heteroatoms. The van der Waals surface area contributed by atoms with Crippen LogP contribution in [0.25, 0.3) is 0 Å². The maximum absolute atomic E-state index is 10.2. The Morgan fingerprint density at radius 1 is 1.53 bits per heavy atom. The molecule has 1 heterocycles. The van der Waals surface area contributed by atoms with Crippen molar-refractivity contribution in [2.45, 2.75) is 43.8 Å². The molecule has 0 saturated heterocycles. The Bertz CT molecular complexity index is 358. The number of hydrogen-bond acceptors (Lipinski definition) is 4. The van der Waals surface area contributed by atoms with Gasteiger partial charge < -0.3 is 15.5 Å². The third kappa shape index (κ3) is 3.44. The first-order valence-corrected chi connectivity index (χ1v) is 6.20. The number of aliphatic hydroxyl groups excluding tert-OH is 1. The maximum Gasteiger partial charge on any atom is 0.0739 e. The van der Waals surface area contributed by atoms with Gasteiger partial charge in [-0.15, -0.1) is 0 Å². The molecule has 0 aromatic carbocycles. The van der Waals surface area contributed by atoms with Gasteiger partial charge in [-0.05, 0) is 12.8 Å². The lowest BCUT2D eigenvalue weighted by molar-refractivity contribution is -0.00154. The summed E-state index contributed by atoms with van der Waals surface area (Å²) in [7, 11) is 1.85. The van der Waals surface area contributed by atoms with Crippen molar-refractivity contribution >= 4 is 5.69 Å². The molecule has 1 saturated carbocycles. The highest BCUT2D eigenvalue weighted by Gasteiger charge is 2.33. The first-order valence-electron chi connectivity index (χ1n) is 6.20. The Hall–Kier alpha value is -1.07. The highest BCUT2D eigenvalue weighted by atomic mass is 16.3. The molecule has 1 aliphatic carbocycles. The average molecular weight is 239 g/mol. The van der Waals surface area contributed by atoms with Crippen molar-refractivity contribution in [3.8, 4) is 0 Å². The topological polar surface area (TPSA) is 70.3 Å². The number of nitrogens with zero attached hydrogens (tertiary/aromatic N) is 2. The van der Waals surface area contributed by atoms with Crippen LogP contribution in [0.1, 0.15) is 32.1 Å². The van der Waals surface area contributed by atoms with Gasteiger partial charge in [0.15, 0.2) is 0 Å². The molecular weight excluding hydrogens is 218 g/mol. The molecule has 1 unspecified atom stereocenters. The molecule has 1 aromatic heterocycles. The second-order valence-corrected chi connectivity index (χ2v) is 5.07. The van der Waals surface area contributed by atoms with Crippen LogP contribution in [-0.4, -0.2) is 38.2 Å². The Morgan fingerprint density at radius 3 is 2.82 bits per heavy atom. The first kappa shape index (κ1) is 12.4. The van der Waals surface area contributed by atoms with Crippen LogP contribution in [0.3, 0.4) is 0 Å². The Morgan fingerprint density at radius 2 is 2.24 bits per heavy atom. The lowest BCUT2D eigenvalue weighted by Gasteiger charge is -2.25. The minimum Gasteiger partial charge on any atom is -0.391 e. The quantitative estimate of drug-likeness (QED) is 0.713. The van der Waals surface area contributed by atoms with Gasteiger partial charge in [0.1, 0.15) is 0 Å². The summed E-state index contributed by atoms with van der Waals surface area (Å²) in [6.07, 6.45) is 7.29. The molecule has 2 rings (SSSR count). The lowest BCUT2D eigenvalue weighted by Crippen LogP contribution is -2.33. The van der Waals surface area contributed by atoms with E-state index in [9.17, 15) is 10.2 Å². The SMILES string of the molecule is Cn1cc(NCC(O)CC2(O)CCCC2)cn1. The van der Waals surface area contributed by atoms with E-state index in [0.29, 0.717) is 13.0 Å². The molecule has 1 aliphatic rings. The summed E-state index contributed by atoms with van der Waals surface area (Å²) < 4.78 is 1.71. The molecule has 0 aliphatic heterocycles. The van der Waals surface area contributed by atoms with E-state index in [2.05, 4.69) is 10.4 Å². The third-order valence-corrected chi connectivity index (χ3v) is 3.40. The zero-order chi connectivity index (χ0) is 12.3. The van der Waals surface area contributed by atoms with Crippen molar-refractivity contribution in [3.05, 3.63) is 12.4 Å². The first-order chi connectivity index (χ1) is 8.07. The smallest absolute Gasteiger partial charge is 0.0739 e. The van der Waals surface area contributed by atoms with Gasteiger partial charge in [-0.1, -0.05) is 12.8 Å². The van der Waals surface area contributed by atoms with Crippen molar-refractivity contribution < 1.29 is 10.2 Å². The number of aryl methyl sites for hydroxylation is 1. The highest BCUT2D eigenvalue weighted by Crippen LogP contribution is 2.33. The van der Waals surface area contributed by atoms with E-state index in [1.165, 1.54) is 0 Å². The van der Waals surface area contributed by atoms with Crippen LogP contribution in [0.15, 0.2) is 12.4 Å². The summed E-state index contributed by atoms with van der Waals surface area (Å²) in [6.45, 7) is 0.452. The molecule has 1 atom stereocenters. The predicted molar refractivity (Wildman–Crippen MR) is 65.7 cm³/mol. The van der Waals surface area contributed by atoms with Crippen LogP contribution in [-0.2, 0) is 7.05 Å². The summed E-state index contributed by atoms with van der Waals surface area (Å²) in [6, 6.07) is 0. The fourth-order valence-electron chi connectivity index (χ4n) is 2.50. The molecule has 1 fully saturated rings. The van der Waals surface area contributed by atoms with Crippen LogP contribution in [0.4, 0.5) is 5.69 Å². The van der Waals surface area contributed by atoms with Crippen molar-refractivity contribution in [2.24, 2.45) is 7.05 Å². The molecule has 5 nitrogen and oxygen atoms in total. The van der Waals surface area contributed by atoms with E-state index < -0.39 is 11.7 Å². The molecule has 0 radical (unpaired) electrons. The highest BCUT2D eigenvalue weighted by molar-refractivity contribution is 5.37. The third-order valence-electron chi connectivity index (χ3n) is 3.40. The largest absolute Gasteiger partial charge is 0.391 e. The molecule has 0 spiro atoms. The Kier molecular flexibility index (Phi) is 3.69. The van der Waals surface area contributed by atoms with E-state index in [0.717, 1.165) is 31.4 Å². The van der Waals surface area contributed by atoms with Gasteiger partial charge in [-0.3, -0.25) is 4.68 Å². The van der Waals surface area contributed by atoms with Crippen molar-refractivity contribution in [1.82, 2.24) is 9.78 Å². The number of aromatic nitrogens is 2. The van der Waals surface area contributed by atoms with Crippen LogP contribution in [0.5, 0.6) is 0 Å². The summed E-state index contributed by atoms with van der Waals surface area (Å²) in [5.41, 5.74) is 0.251. The van der Waals surface area contributed by atoms with Crippen LogP contribution in [0, 0.1) is 0 Å². The van der Waals surface area contributed by atoms with Gasteiger partial charge >= 0.3 is 0 Å². The molecule has 0 bridgehead atoms. The summed E-state index contributed by atoms with van der Waals surface area (Å²) >= 11 is 0. The second-order valence-electron chi connectivity index (χ2n) is 5.07. The number of hydrogen-bond donors (Lipinski definition) is 3. The zero-order valence-corrected chi connectivity index (χ0v) is 10.3. The average Bonchev–Trinajstić information content (AvgIpc) is 2.85. The van der Waals surface area contributed by atoms with Gasteiger partial charge in [-0.25, -0.2) is 0 Å². The second kappa shape index (κ2) is 5.06. The molecule has 17 heavy (non-hydrogen) atoms. The summed E-state index contributed by atoms with van der Waals surface area (Å²) in [5.74, 6) is 0. The van der Waals surface area contributed by atoms with Crippen molar-refractivity contribution in [3.63, 3.8) is 0 Å². The normalized spacial score (nSPS) is 20.4. The van der Waals surface area contributed by atoms with Crippen LogP contribution < -0.4 is 5.32 Å². The number of rotatable bonds is 5. The molecule has 3 N–H and O–H groups in total. The zero-order valence-electron chi connectivity index (χ0n) is 10.3. The Labute approximate surface area is 101 Å². The van der Waals surface area contributed by atoms with Gasteiger partial charge in [-0.2, -0.15) is 5.10 Å². The maximum atomic E-state index is 10.2. The minimum absolute atomic E-state index is 0.452. The van der Waals surface area contributed by atoms with Crippen molar-refractivity contribution in [2.75, 3.05) is 11.9 Å². The van der Waals surface area contributed by atoms with E-state index in [1.807, 2.05) is 13.2 Å². The number of anilines is 1. The predicted octanol–water partition coefficient (Wildman–Crippen LogP) is 0.888. The van der Waals surface area contributed by atoms with E-state index >= 15 is 0 Å². The van der Waals surface area contributed by atoms with E-state index in [4.69, 9.17) is 0 Å². The van der Waals surface area contributed by atoms with Crippen LogP contribution in [0.2, 0.25) is 0 Å². The fourth-order valence-corrected chi connectivity index (χ4v) is 2.50. The van der Waals surface area contributed by atoms with E-state index in [1.54, 1.807) is 10.9 Å². The van der Waals surface area contributed by atoms with Crippen LogP contribution >= 0.6 is 0 Å². The molecular formula is C12H21N3O2. The van der Waals surface area contributed by atoms with E-state index in [-0.39, 0.29) is 0 Å². The number of aliphatic hydroxyl groups is 2. The van der Waals surface area contributed by atoms with Gasteiger partial charge in [0, 0.05) is 26.2 Å². The van der Waals surface area contributed by atoms with Gasteiger partial charge in [0.2, 0.25) is 0 Å². The van der Waals surface area contributed by atoms with Gasteiger partial charge in [0.25, 0.3) is 0 Å². The number of nitrogens with one attached hydrogen (secondary N) is 1. The molecule has 1 aromatic rings. The summed E-state index contributed by atoms with van der Waals surface area (Å²) in [4.78, 5) is 0. The van der Waals surface area contributed by atoms with Crippen molar-refractivity contribution in [1.29, 1.82) is 0 Å². The molecule has 0 amide bonds. The fraction of sp³-hybridized carbons (Fsp3) is 0.750. The standard InChI is InChI=1S/C12H21N3O2/c1-15-9-10(7-14-15)13-8-11(16)6-12(17)4-2-3-5-12/h7,9,11,13,16-17H,2-6,8H2,1H3. The monoisotopic (exact) mass is 239 g/mol. The minimum atomic E-state index is -0.643.